The van der Waals surface area contributed by atoms with E-state index in [9.17, 15) is 9.59 Å². The first-order chi connectivity index (χ1) is 14.0. The molecule has 1 aliphatic rings. The number of nitrogens with one attached hydrogen (secondary N) is 2. The van der Waals surface area contributed by atoms with Crippen LogP contribution in [0.2, 0.25) is 5.02 Å². The summed E-state index contributed by atoms with van der Waals surface area (Å²) in [5.74, 6) is 1.38. The van der Waals surface area contributed by atoms with Gasteiger partial charge in [0.25, 0.3) is 0 Å². The third kappa shape index (κ3) is 4.60. The summed E-state index contributed by atoms with van der Waals surface area (Å²) in [6.45, 7) is 2.07. The minimum absolute atomic E-state index is 0.127. The Balaban J connectivity index is 1.39. The van der Waals surface area contributed by atoms with Crippen molar-refractivity contribution < 1.29 is 18.7 Å². The van der Waals surface area contributed by atoms with Gasteiger partial charge in [0.15, 0.2) is 10.9 Å². The number of ether oxygens (including phenoxy) is 1. The number of thiazole rings is 1. The Morgan fingerprint density at radius 2 is 2.17 bits per heavy atom. The molecule has 3 heterocycles. The molecule has 0 aliphatic carbocycles. The monoisotopic (exact) mass is 431 g/mol. The fraction of sp³-hybridized carbons (Fsp3) is 0.250. The Morgan fingerprint density at radius 1 is 1.31 bits per heavy atom. The Bertz CT molecular complexity index is 1060. The molecule has 2 N–H and O–H groups in total. The largest absolute Gasteiger partial charge is 0.492 e. The maximum Gasteiger partial charge on any atom is 0.233 e. The molecule has 9 heteroatoms. The number of anilines is 1. The molecule has 0 bridgehead atoms. The van der Waals surface area contributed by atoms with E-state index in [-0.39, 0.29) is 17.7 Å². The van der Waals surface area contributed by atoms with Crippen LogP contribution < -0.4 is 15.4 Å². The molecule has 29 heavy (non-hydrogen) atoms. The normalized spacial score (nSPS) is 15.3. The molecule has 1 unspecified atom stereocenters. The SMILES string of the molecule is CC(=O)NCc1ccc(-c2csc(NC(=O)C3COc4ccc(Cl)cc4C3)n2)o1. The number of hydrogen-bond acceptors (Lipinski definition) is 6. The van der Waals surface area contributed by atoms with E-state index in [2.05, 4.69) is 15.6 Å². The van der Waals surface area contributed by atoms with Gasteiger partial charge in [-0.1, -0.05) is 11.6 Å². The van der Waals surface area contributed by atoms with Gasteiger partial charge in [0.2, 0.25) is 11.8 Å². The van der Waals surface area contributed by atoms with Crippen LogP contribution >= 0.6 is 22.9 Å². The predicted molar refractivity (Wildman–Crippen MR) is 110 cm³/mol. The highest BCUT2D eigenvalue weighted by Gasteiger charge is 2.27. The van der Waals surface area contributed by atoms with Crippen molar-refractivity contribution in [1.29, 1.82) is 0 Å². The van der Waals surface area contributed by atoms with E-state index in [1.807, 2.05) is 17.5 Å². The molecule has 0 spiro atoms. The van der Waals surface area contributed by atoms with Crippen molar-refractivity contribution in [2.24, 2.45) is 5.92 Å². The van der Waals surface area contributed by atoms with Gasteiger partial charge in [0.1, 0.15) is 23.8 Å². The van der Waals surface area contributed by atoms with Crippen LogP contribution in [0.25, 0.3) is 11.5 Å². The van der Waals surface area contributed by atoms with Gasteiger partial charge >= 0.3 is 0 Å². The van der Waals surface area contributed by atoms with Gasteiger partial charge in [0.05, 0.1) is 12.5 Å². The molecule has 0 radical (unpaired) electrons. The first-order valence-corrected chi connectivity index (χ1v) is 10.2. The predicted octanol–water partition coefficient (Wildman–Crippen LogP) is 3.88. The molecule has 4 rings (SSSR count). The lowest BCUT2D eigenvalue weighted by molar-refractivity contribution is -0.121. The quantitative estimate of drug-likeness (QED) is 0.639. The Labute approximate surface area is 176 Å². The number of amides is 2. The number of fused-ring (bicyclic) bond motifs is 1. The minimum atomic E-state index is -0.318. The minimum Gasteiger partial charge on any atom is -0.492 e. The molecule has 1 atom stereocenters. The number of halogens is 1. The first kappa shape index (κ1) is 19.5. The molecule has 3 aromatic rings. The number of benzene rings is 1. The second kappa shape index (κ2) is 8.26. The second-order valence-electron chi connectivity index (χ2n) is 6.67. The van der Waals surface area contributed by atoms with Crippen LogP contribution in [-0.2, 0) is 22.6 Å². The topological polar surface area (TPSA) is 93.5 Å². The van der Waals surface area contributed by atoms with Crippen molar-refractivity contribution in [2.75, 3.05) is 11.9 Å². The summed E-state index contributed by atoms with van der Waals surface area (Å²) in [5, 5.41) is 8.44. The van der Waals surface area contributed by atoms with E-state index in [0.29, 0.717) is 46.9 Å². The van der Waals surface area contributed by atoms with Gasteiger partial charge in [-0.25, -0.2) is 4.98 Å². The lowest BCUT2D eigenvalue weighted by Gasteiger charge is -2.24. The van der Waals surface area contributed by atoms with Crippen molar-refractivity contribution in [2.45, 2.75) is 19.9 Å². The highest BCUT2D eigenvalue weighted by molar-refractivity contribution is 7.14. The second-order valence-corrected chi connectivity index (χ2v) is 7.96. The number of carbonyl (C=O) groups is 2. The summed E-state index contributed by atoms with van der Waals surface area (Å²) in [4.78, 5) is 28.1. The Kier molecular flexibility index (Phi) is 5.55. The molecule has 0 saturated heterocycles. The Hall–Kier alpha value is -2.84. The van der Waals surface area contributed by atoms with Crippen LogP contribution in [0.4, 0.5) is 5.13 Å². The Morgan fingerprint density at radius 3 is 3.00 bits per heavy atom. The smallest absolute Gasteiger partial charge is 0.233 e. The molecule has 1 aromatic carbocycles. The fourth-order valence-corrected chi connectivity index (χ4v) is 3.90. The highest BCUT2D eigenvalue weighted by atomic mass is 35.5. The third-order valence-corrected chi connectivity index (χ3v) is 5.45. The van der Waals surface area contributed by atoms with Crippen LogP contribution in [0.15, 0.2) is 40.1 Å². The van der Waals surface area contributed by atoms with E-state index in [1.165, 1.54) is 18.3 Å². The third-order valence-electron chi connectivity index (χ3n) is 4.46. The standard InChI is InChI=1S/C20H18ClN3O4S/c1-11(25)22-8-15-3-5-18(28-15)16-10-29-20(23-16)24-19(26)13-6-12-7-14(21)2-4-17(12)27-9-13/h2-5,7,10,13H,6,8-9H2,1H3,(H,22,25)(H,23,24,26). The van der Waals surface area contributed by atoms with Crippen LogP contribution in [0.5, 0.6) is 5.75 Å². The van der Waals surface area contributed by atoms with Crippen molar-refractivity contribution in [1.82, 2.24) is 10.3 Å². The van der Waals surface area contributed by atoms with Crippen LogP contribution in [0, 0.1) is 5.92 Å². The van der Waals surface area contributed by atoms with Crippen molar-refractivity contribution >= 4 is 39.9 Å². The zero-order chi connectivity index (χ0) is 20.4. The van der Waals surface area contributed by atoms with Gasteiger partial charge in [-0.15, -0.1) is 11.3 Å². The fourth-order valence-electron chi connectivity index (χ4n) is 3.01. The van der Waals surface area contributed by atoms with Gasteiger partial charge in [-0.2, -0.15) is 0 Å². The van der Waals surface area contributed by atoms with Crippen molar-refractivity contribution in [3.63, 3.8) is 0 Å². The van der Waals surface area contributed by atoms with Gasteiger partial charge < -0.3 is 19.8 Å². The zero-order valence-electron chi connectivity index (χ0n) is 15.5. The van der Waals surface area contributed by atoms with E-state index < -0.39 is 0 Å². The molecule has 7 nitrogen and oxygen atoms in total. The number of furan rings is 1. The van der Waals surface area contributed by atoms with E-state index >= 15 is 0 Å². The number of aromatic nitrogens is 1. The van der Waals surface area contributed by atoms with Gasteiger partial charge in [-0.3, -0.25) is 9.59 Å². The van der Waals surface area contributed by atoms with E-state index in [4.69, 9.17) is 20.8 Å². The van der Waals surface area contributed by atoms with Crippen molar-refractivity contribution in [3.05, 3.63) is 52.1 Å². The summed E-state index contributed by atoms with van der Waals surface area (Å²) < 4.78 is 11.4. The molecular weight excluding hydrogens is 414 g/mol. The molecule has 1 aliphatic heterocycles. The number of rotatable bonds is 5. The molecule has 2 amide bonds. The summed E-state index contributed by atoms with van der Waals surface area (Å²) >= 11 is 7.36. The molecule has 0 saturated carbocycles. The molecule has 150 valence electrons. The van der Waals surface area contributed by atoms with Gasteiger partial charge in [-0.05, 0) is 42.3 Å². The lowest BCUT2D eigenvalue weighted by atomic mass is 9.96. The molecular formula is C20H18ClN3O4S. The van der Waals surface area contributed by atoms with Crippen LogP contribution in [0.1, 0.15) is 18.2 Å². The lowest BCUT2D eigenvalue weighted by Crippen LogP contribution is -2.32. The first-order valence-electron chi connectivity index (χ1n) is 8.99. The summed E-state index contributed by atoms with van der Waals surface area (Å²) in [7, 11) is 0. The van der Waals surface area contributed by atoms with Gasteiger partial charge in [0, 0.05) is 17.3 Å². The maximum absolute atomic E-state index is 12.6. The van der Waals surface area contributed by atoms with Crippen molar-refractivity contribution in [3.8, 4) is 17.2 Å². The van der Waals surface area contributed by atoms with Crippen LogP contribution in [0.3, 0.4) is 0 Å². The average molecular weight is 432 g/mol. The summed E-state index contributed by atoms with van der Waals surface area (Å²) in [6.07, 6.45) is 0.560. The van der Waals surface area contributed by atoms with E-state index in [0.717, 1.165) is 11.3 Å². The summed E-state index contributed by atoms with van der Waals surface area (Å²) in [5.41, 5.74) is 1.54. The molecule has 2 aromatic heterocycles. The number of nitrogens with zero attached hydrogens (tertiary/aromatic N) is 1. The zero-order valence-corrected chi connectivity index (χ0v) is 17.1. The van der Waals surface area contributed by atoms with E-state index in [1.54, 1.807) is 18.2 Å². The maximum atomic E-state index is 12.6. The highest BCUT2D eigenvalue weighted by Crippen LogP contribution is 2.31. The average Bonchev–Trinajstić information content (AvgIpc) is 3.35. The van der Waals surface area contributed by atoms with Crippen LogP contribution in [-0.4, -0.2) is 23.4 Å². The number of carbonyl (C=O) groups excluding carboxylic acids is 2. The number of hydrogen-bond donors (Lipinski definition) is 2. The summed E-state index contributed by atoms with van der Waals surface area (Å²) in [6, 6.07) is 8.99. The molecule has 0 fully saturated rings.